The molecule has 1 N–H and O–H groups in total. The molecule has 0 aliphatic rings. The largest absolute Gasteiger partial charge is 0.337 e. The summed E-state index contributed by atoms with van der Waals surface area (Å²) in [5.41, 5.74) is 0. The normalized spacial score (nSPS) is 11.9. The van der Waals surface area contributed by atoms with E-state index in [0.29, 0.717) is 6.04 Å². The molecular formula is C13H21N3. The minimum Gasteiger partial charge on any atom is -0.337 e. The molecule has 1 unspecified atom stereocenters. The molecule has 3 heteroatoms. The van der Waals surface area contributed by atoms with E-state index < -0.39 is 0 Å². The van der Waals surface area contributed by atoms with E-state index in [2.05, 4.69) is 33.6 Å². The van der Waals surface area contributed by atoms with Crippen LogP contribution >= 0.6 is 0 Å². The fourth-order valence-electron chi connectivity index (χ4n) is 1.70. The minimum absolute atomic E-state index is 0.320. The molecule has 1 rings (SSSR count). The van der Waals surface area contributed by atoms with Crippen molar-refractivity contribution >= 4 is 0 Å². The minimum atomic E-state index is 0.320. The molecule has 0 amide bonds. The summed E-state index contributed by atoms with van der Waals surface area (Å²) in [6.07, 6.45) is 6.92. The van der Waals surface area contributed by atoms with Gasteiger partial charge in [0.25, 0.3) is 0 Å². The molecule has 0 bridgehead atoms. The highest BCUT2D eigenvalue weighted by Gasteiger charge is 2.13. The maximum absolute atomic E-state index is 4.40. The van der Waals surface area contributed by atoms with Crippen LogP contribution in [0.2, 0.25) is 0 Å². The van der Waals surface area contributed by atoms with Crippen molar-refractivity contribution in [3.05, 3.63) is 18.2 Å². The van der Waals surface area contributed by atoms with E-state index in [0.717, 1.165) is 31.6 Å². The van der Waals surface area contributed by atoms with Crippen LogP contribution in [0.3, 0.4) is 0 Å². The molecule has 0 saturated carbocycles. The average Bonchev–Trinajstić information content (AvgIpc) is 2.70. The lowest BCUT2D eigenvalue weighted by Gasteiger charge is -2.17. The van der Waals surface area contributed by atoms with Crippen molar-refractivity contribution < 1.29 is 0 Å². The summed E-state index contributed by atoms with van der Waals surface area (Å²) in [6, 6.07) is 0.320. The Bertz CT molecular complexity index is 357. The second kappa shape index (κ2) is 7.08. The van der Waals surface area contributed by atoms with Gasteiger partial charge in [0, 0.05) is 25.9 Å². The lowest BCUT2D eigenvalue weighted by atomic mass is 10.1. The van der Waals surface area contributed by atoms with Crippen LogP contribution in [-0.2, 0) is 7.05 Å². The Balaban J connectivity index is 2.62. The number of aromatic nitrogens is 2. The summed E-state index contributed by atoms with van der Waals surface area (Å²) in [5, 5.41) is 3.52. The van der Waals surface area contributed by atoms with E-state index >= 15 is 0 Å². The SMILES string of the molecule is CC#CCCC(NCCC)c1nccn1C. The van der Waals surface area contributed by atoms with Gasteiger partial charge in [-0.1, -0.05) is 6.92 Å². The third-order valence-corrected chi connectivity index (χ3v) is 2.55. The summed E-state index contributed by atoms with van der Waals surface area (Å²) in [5.74, 6) is 7.15. The first-order chi connectivity index (χ1) is 7.79. The summed E-state index contributed by atoms with van der Waals surface area (Å²) >= 11 is 0. The molecule has 1 heterocycles. The van der Waals surface area contributed by atoms with Crippen LogP contribution in [0.5, 0.6) is 0 Å². The Morgan fingerprint density at radius 1 is 1.56 bits per heavy atom. The number of nitrogens with zero attached hydrogens (tertiary/aromatic N) is 2. The molecule has 88 valence electrons. The molecular weight excluding hydrogens is 198 g/mol. The lowest BCUT2D eigenvalue weighted by Crippen LogP contribution is -2.24. The second-order valence-electron chi connectivity index (χ2n) is 3.87. The number of imidazole rings is 1. The highest BCUT2D eigenvalue weighted by Crippen LogP contribution is 2.15. The standard InChI is InChI=1S/C13H21N3/c1-4-6-7-8-12(14-9-5-2)13-15-10-11-16(13)3/h10-12,14H,5,7-9H2,1-3H3. The van der Waals surface area contributed by atoms with Crippen LogP contribution in [-0.4, -0.2) is 16.1 Å². The first-order valence-corrected chi connectivity index (χ1v) is 5.89. The van der Waals surface area contributed by atoms with Crippen molar-refractivity contribution in [2.24, 2.45) is 7.05 Å². The molecule has 0 radical (unpaired) electrons. The van der Waals surface area contributed by atoms with Crippen molar-refractivity contribution in [1.82, 2.24) is 14.9 Å². The van der Waals surface area contributed by atoms with Crippen LogP contribution < -0.4 is 5.32 Å². The van der Waals surface area contributed by atoms with Crippen LogP contribution in [0.4, 0.5) is 0 Å². The number of hydrogen-bond donors (Lipinski definition) is 1. The van der Waals surface area contributed by atoms with Crippen molar-refractivity contribution in [2.45, 2.75) is 39.2 Å². The monoisotopic (exact) mass is 219 g/mol. The Morgan fingerprint density at radius 2 is 2.38 bits per heavy atom. The van der Waals surface area contributed by atoms with Crippen molar-refractivity contribution in [3.8, 4) is 11.8 Å². The average molecular weight is 219 g/mol. The topological polar surface area (TPSA) is 29.9 Å². The van der Waals surface area contributed by atoms with Crippen LogP contribution in [0.15, 0.2) is 12.4 Å². The van der Waals surface area contributed by atoms with Crippen LogP contribution in [0.1, 0.15) is 45.0 Å². The third-order valence-electron chi connectivity index (χ3n) is 2.55. The zero-order valence-corrected chi connectivity index (χ0v) is 10.5. The molecule has 1 aromatic rings. The second-order valence-corrected chi connectivity index (χ2v) is 3.87. The molecule has 0 spiro atoms. The molecule has 0 fully saturated rings. The van der Waals surface area contributed by atoms with E-state index in [1.807, 2.05) is 26.4 Å². The predicted molar refractivity (Wildman–Crippen MR) is 66.9 cm³/mol. The van der Waals surface area contributed by atoms with Crippen molar-refractivity contribution in [2.75, 3.05) is 6.54 Å². The van der Waals surface area contributed by atoms with E-state index in [-0.39, 0.29) is 0 Å². The first-order valence-electron chi connectivity index (χ1n) is 5.89. The van der Waals surface area contributed by atoms with Crippen molar-refractivity contribution in [3.63, 3.8) is 0 Å². The summed E-state index contributed by atoms with van der Waals surface area (Å²) < 4.78 is 2.08. The Kier molecular flexibility index (Phi) is 5.66. The van der Waals surface area contributed by atoms with Gasteiger partial charge in [0.05, 0.1) is 6.04 Å². The zero-order chi connectivity index (χ0) is 11.8. The highest BCUT2D eigenvalue weighted by atomic mass is 15.1. The zero-order valence-electron chi connectivity index (χ0n) is 10.5. The van der Waals surface area contributed by atoms with Gasteiger partial charge in [0.1, 0.15) is 5.82 Å². The van der Waals surface area contributed by atoms with E-state index in [4.69, 9.17) is 0 Å². The molecule has 0 aromatic carbocycles. The summed E-state index contributed by atoms with van der Waals surface area (Å²) in [4.78, 5) is 4.40. The van der Waals surface area contributed by atoms with Crippen LogP contribution in [0.25, 0.3) is 0 Å². The van der Waals surface area contributed by atoms with Crippen LogP contribution in [0, 0.1) is 11.8 Å². The number of aryl methyl sites for hydroxylation is 1. The van der Waals surface area contributed by atoms with Gasteiger partial charge in [0.15, 0.2) is 0 Å². The number of nitrogens with one attached hydrogen (secondary N) is 1. The molecule has 0 aliphatic carbocycles. The van der Waals surface area contributed by atoms with Gasteiger partial charge in [0.2, 0.25) is 0 Å². The fourth-order valence-corrected chi connectivity index (χ4v) is 1.70. The number of rotatable bonds is 6. The summed E-state index contributed by atoms with van der Waals surface area (Å²) in [6.45, 7) is 5.08. The maximum Gasteiger partial charge on any atom is 0.125 e. The maximum atomic E-state index is 4.40. The highest BCUT2D eigenvalue weighted by molar-refractivity contribution is 5.02. The van der Waals surface area contributed by atoms with Crippen molar-refractivity contribution in [1.29, 1.82) is 0 Å². The predicted octanol–water partition coefficient (Wildman–Crippen LogP) is 2.26. The lowest BCUT2D eigenvalue weighted by molar-refractivity contribution is 0.471. The Hall–Kier alpha value is -1.27. The molecule has 0 saturated heterocycles. The smallest absolute Gasteiger partial charge is 0.125 e. The third kappa shape index (κ3) is 3.71. The van der Waals surface area contributed by atoms with Gasteiger partial charge < -0.3 is 9.88 Å². The van der Waals surface area contributed by atoms with Gasteiger partial charge in [-0.25, -0.2) is 4.98 Å². The van der Waals surface area contributed by atoms with Gasteiger partial charge >= 0.3 is 0 Å². The Morgan fingerprint density at radius 3 is 2.94 bits per heavy atom. The molecule has 1 atom stereocenters. The molecule has 16 heavy (non-hydrogen) atoms. The summed E-state index contributed by atoms with van der Waals surface area (Å²) in [7, 11) is 2.04. The fraction of sp³-hybridized carbons (Fsp3) is 0.615. The van der Waals surface area contributed by atoms with Gasteiger partial charge in [-0.2, -0.15) is 0 Å². The van der Waals surface area contributed by atoms with Gasteiger partial charge in [-0.15, -0.1) is 11.8 Å². The van der Waals surface area contributed by atoms with E-state index in [1.54, 1.807) is 0 Å². The molecule has 1 aromatic heterocycles. The quantitative estimate of drug-likeness (QED) is 0.744. The van der Waals surface area contributed by atoms with Gasteiger partial charge in [-0.3, -0.25) is 0 Å². The first kappa shape index (κ1) is 12.8. The molecule has 3 nitrogen and oxygen atoms in total. The van der Waals surface area contributed by atoms with E-state index in [1.165, 1.54) is 0 Å². The number of hydrogen-bond acceptors (Lipinski definition) is 2. The Labute approximate surface area is 98.3 Å². The molecule has 0 aliphatic heterocycles. The van der Waals surface area contributed by atoms with E-state index in [9.17, 15) is 0 Å². The van der Waals surface area contributed by atoms with Gasteiger partial charge in [-0.05, 0) is 26.3 Å².